The quantitative estimate of drug-likeness (QED) is 0.734. The van der Waals surface area contributed by atoms with Gasteiger partial charge in [0.1, 0.15) is 5.00 Å². The first-order valence-electron chi connectivity index (χ1n) is 8.74. The van der Waals surface area contributed by atoms with Crippen LogP contribution in [0.5, 0.6) is 0 Å². The van der Waals surface area contributed by atoms with Crippen molar-refractivity contribution in [1.29, 1.82) is 0 Å². The van der Waals surface area contributed by atoms with Crippen LogP contribution in [0, 0.1) is 6.92 Å². The number of carbonyl (C=O) groups is 2. The molecule has 0 spiro atoms. The zero-order valence-electron chi connectivity index (χ0n) is 15.1. The van der Waals surface area contributed by atoms with E-state index in [9.17, 15) is 9.59 Å². The molecule has 138 valence electrons. The number of thiophene rings is 1. The molecule has 2 aromatic rings. The summed E-state index contributed by atoms with van der Waals surface area (Å²) in [6.45, 7) is 2.06. The van der Waals surface area contributed by atoms with Gasteiger partial charge in [0.25, 0.3) is 0 Å². The van der Waals surface area contributed by atoms with Crippen molar-refractivity contribution < 1.29 is 14.3 Å². The van der Waals surface area contributed by atoms with Crippen molar-refractivity contribution in [3.8, 4) is 0 Å². The highest BCUT2D eigenvalue weighted by Gasteiger charge is 2.26. The van der Waals surface area contributed by atoms with Crippen molar-refractivity contribution in [2.24, 2.45) is 0 Å². The number of carbonyl (C=O) groups excluding carboxylic acids is 2. The molecule has 0 bridgehead atoms. The predicted octanol–water partition coefficient (Wildman–Crippen LogP) is 4.59. The lowest BCUT2D eigenvalue weighted by molar-refractivity contribution is -0.113. The fourth-order valence-electron chi connectivity index (χ4n) is 3.20. The van der Waals surface area contributed by atoms with Gasteiger partial charge in [-0.15, -0.1) is 23.1 Å². The minimum absolute atomic E-state index is 0.0774. The zero-order valence-corrected chi connectivity index (χ0v) is 16.7. The van der Waals surface area contributed by atoms with Gasteiger partial charge in [-0.25, -0.2) is 4.79 Å². The van der Waals surface area contributed by atoms with E-state index in [4.69, 9.17) is 4.74 Å². The highest BCUT2D eigenvalue weighted by Crippen LogP contribution is 2.38. The lowest BCUT2D eigenvalue weighted by Crippen LogP contribution is -2.16. The molecule has 1 aliphatic rings. The smallest absolute Gasteiger partial charge is 0.341 e. The number of esters is 1. The van der Waals surface area contributed by atoms with E-state index < -0.39 is 0 Å². The van der Waals surface area contributed by atoms with E-state index in [1.54, 1.807) is 11.8 Å². The van der Waals surface area contributed by atoms with Crippen LogP contribution in [0.1, 0.15) is 44.8 Å². The van der Waals surface area contributed by atoms with Crippen molar-refractivity contribution >= 4 is 40.0 Å². The number of rotatable bonds is 6. The fraction of sp³-hybridized carbons (Fsp3) is 0.400. The molecule has 0 fully saturated rings. The Labute approximate surface area is 162 Å². The molecule has 3 rings (SSSR count). The molecule has 1 aromatic carbocycles. The van der Waals surface area contributed by atoms with Gasteiger partial charge < -0.3 is 10.1 Å². The number of ether oxygens (including phenoxy) is 1. The number of hydrogen-bond donors (Lipinski definition) is 1. The average molecular weight is 390 g/mol. The Morgan fingerprint density at radius 1 is 1.27 bits per heavy atom. The van der Waals surface area contributed by atoms with E-state index in [0.29, 0.717) is 16.3 Å². The van der Waals surface area contributed by atoms with Crippen LogP contribution in [0.15, 0.2) is 24.3 Å². The topological polar surface area (TPSA) is 55.4 Å². The molecule has 6 heteroatoms. The summed E-state index contributed by atoms with van der Waals surface area (Å²) in [6, 6.07) is 8.30. The van der Waals surface area contributed by atoms with Crippen LogP contribution in [0.4, 0.5) is 5.00 Å². The summed E-state index contributed by atoms with van der Waals surface area (Å²) in [5.74, 6) is 0.718. The molecule has 26 heavy (non-hydrogen) atoms. The second-order valence-corrected chi connectivity index (χ2v) is 8.53. The maximum absolute atomic E-state index is 12.4. The molecule has 0 saturated heterocycles. The van der Waals surface area contributed by atoms with E-state index >= 15 is 0 Å². The molecule has 1 aromatic heterocycles. The first kappa shape index (κ1) is 19.0. The number of anilines is 1. The molecule has 1 amide bonds. The van der Waals surface area contributed by atoms with Crippen LogP contribution in [-0.2, 0) is 28.1 Å². The highest BCUT2D eigenvalue weighted by atomic mass is 32.2. The number of methoxy groups -OCH3 is 1. The van der Waals surface area contributed by atoms with Gasteiger partial charge >= 0.3 is 5.97 Å². The summed E-state index contributed by atoms with van der Waals surface area (Å²) in [4.78, 5) is 25.8. The third kappa shape index (κ3) is 4.48. The van der Waals surface area contributed by atoms with Gasteiger partial charge in [0, 0.05) is 10.6 Å². The minimum Gasteiger partial charge on any atom is -0.465 e. The van der Waals surface area contributed by atoms with Gasteiger partial charge in [0.15, 0.2) is 0 Å². The summed E-state index contributed by atoms with van der Waals surface area (Å²) < 4.78 is 4.94. The van der Waals surface area contributed by atoms with Crippen molar-refractivity contribution in [3.63, 3.8) is 0 Å². The third-order valence-electron chi connectivity index (χ3n) is 4.40. The molecule has 0 unspecified atom stereocenters. The van der Waals surface area contributed by atoms with Crippen molar-refractivity contribution in [2.45, 2.75) is 38.4 Å². The number of hydrogen-bond acceptors (Lipinski definition) is 5. The Bertz CT molecular complexity index is 813. The molecule has 0 atom stereocenters. The van der Waals surface area contributed by atoms with Crippen LogP contribution in [-0.4, -0.2) is 24.7 Å². The number of thioether (sulfide) groups is 1. The molecule has 0 radical (unpaired) electrons. The van der Waals surface area contributed by atoms with Crippen LogP contribution >= 0.6 is 23.1 Å². The Kier molecular flexibility index (Phi) is 6.38. The zero-order chi connectivity index (χ0) is 18.5. The van der Waals surface area contributed by atoms with Gasteiger partial charge in [-0.2, -0.15) is 0 Å². The second-order valence-electron chi connectivity index (χ2n) is 6.44. The maximum atomic E-state index is 12.4. The minimum atomic E-state index is -0.355. The van der Waals surface area contributed by atoms with Crippen molar-refractivity contribution in [3.05, 3.63) is 51.4 Å². The predicted molar refractivity (Wildman–Crippen MR) is 108 cm³/mol. The van der Waals surface area contributed by atoms with Crippen LogP contribution < -0.4 is 5.32 Å². The number of amides is 1. The van der Waals surface area contributed by atoms with Gasteiger partial charge in [0.05, 0.1) is 18.4 Å². The molecule has 1 aliphatic carbocycles. The summed E-state index contributed by atoms with van der Waals surface area (Å²) in [6.07, 6.45) is 4.07. The first-order chi connectivity index (χ1) is 12.6. The molecule has 4 nitrogen and oxygen atoms in total. The molecule has 0 saturated carbocycles. The summed E-state index contributed by atoms with van der Waals surface area (Å²) in [5, 5.41) is 3.58. The monoisotopic (exact) mass is 389 g/mol. The molecular formula is C20H23NO3S2. The average Bonchev–Trinajstić information content (AvgIpc) is 2.99. The van der Waals surface area contributed by atoms with Crippen molar-refractivity contribution in [1.82, 2.24) is 0 Å². The summed E-state index contributed by atoms with van der Waals surface area (Å²) in [7, 11) is 1.39. The number of benzene rings is 1. The Morgan fingerprint density at radius 3 is 2.85 bits per heavy atom. The Morgan fingerprint density at radius 2 is 2.08 bits per heavy atom. The Hall–Kier alpha value is -1.79. The van der Waals surface area contributed by atoms with Gasteiger partial charge in [-0.05, 0) is 43.7 Å². The summed E-state index contributed by atoms with van der Waals surface area (Å²) in [5.41, 5.74) is 4.06. The number of nitrogens with one attached hydrogen (secondary N) is 1. The van der Waals surface area contributed by atoms with E-state index in [2.05, 4.69) is 30.4 Å². The molecule has 0 aliphatic heterocycles. The molecular weight excluding hydrogens is 366 g/mol. The van der Waals surface area contributed by atoms with E-state index in [1.807, 2.05) is 6.07 Å². The van der Waals surface area contributed by atoms with Gasteiger partial charge in [-0.1, -0.05) is 29.8 Å². The van der Waals surface area contributed by atoms with Crippen molar-refractivity contribution in [2.75, 3.05) is 18.2 Å². The third-order valence-corrected chi connectivity index (χ3v) is 6.61. The molecule has 1 N–H and O–H groups in total. The van der Waals surface area contributed by atoms with Gasteiger partial charge in [0.2, 0.25) is 5.91 Å². The lowest BCUT2D eigenvalue weighted by Gasteiger charge is -2.11. The highest BCUT2D eigenvalue weighted by molar-refractivity contribution is 7.99. The van der Waals surface area contributed by atoms with Gasteiger partial charge in [-0.3, -0.25) is 4.79 Å². The van der Waals surface area contributed by atoms with E-state index in [1.165, 1.54) is 34.5 Å². The van der Waals surface area contributed by atoms with E-state index in [-0.39, 0.29) is 11.9 Å². The SMILES string of the molecule is COC(=O)c1c(NC(=O)CSCc2cccc(C)c2)sc2c1CCCC2. The normalized spacial score (nSPS) is 13.2. The molecule has 1 heterocycles. The lowest BCUT2D eigenvalue weighted by atomic mass is 9.95. The first-order valence-corrected chi connectivity index (χ1v) is 10.7. The van der Waals surface area contributed by atoms with Crippen LogP contribution in [0.25, 0.3) is 0 Å². The van der Waals surface area contributed by atoms with Crippen LogP contribution in [0.2, 0.25) is 0 Å². The Balaban J connectivity index is 1.63. The fourth-order valence-corrected chi connectivity index (χ4v) is 5.27. The summed E-state index contributed by atoms with van der Waals surface area (Å²) >= 11 is 3.10. The second kappa shape index (κ2) is 8.73. The van der Waals surface area contributed by atoms with Crippen LogP contribution in [0.3, 0.4) is 0 Å². The number of aryl methyl sites for hydroxylation is 2. The number of fused-ring (bicyclic) bond motifs is 1. The maximum Gasteiger partial charge on any atom is 0.341 e. The largest absolute Gasteiger partial charge is 0.465 e. The standard InChI is InChI=1S/C20H23NO3S2/c1-13-6-5-7-14(10-13)11-25-12-17(22)21-19-18(20(23)24-2)15-8-3-4-9-16(15)26-19/h5-7,10H,3-4,8-9,11-12H2,1-2H3,(H,21,22). The van der Waals surface area contributed by atoms with E-state index in [0.717, 1.165) is 37.0 Å².